The van der Waals surface area contributed by atoms with Crippen molar-refractivity contribution in [2.45, 2.75) is 27.7 Å². The lowest BCUT2D eigenvalue weighted by molar-refractivity contribution is 0.628. The summed E-state index contributed by atoms with van der Waals surface area (Å²) in [7, 11) is 0. The largest absolute Gasteiger partial charge is 0.217 e. The van der Waals surface area contributed by atoms with Gasteiger partial charge in [0.05, 0.1) is 11.4 Å². The molecule has 0 saturated carbocycles. The molecule has 3 rings (SSSR count). The number of aromatic nitrogens is 3. The zero-order valence-corrected chi connectivity index (χ0v) is 13.2. The van der Waals surface area contributed by atoms with Crippen molar-refractivity contribution in [3.63, 3.8) is 0 Å². The summed E-state index contributed by atoms with van der Waals surface area (Å²) in [6.07, 6.45) is 0. The zero-order valence-electron chi connectivity index (χ0n) is 12.5. The molecule has 0 aliphatic carbocycles. The minimum Gasteiger partial charge on any atom is -0.217 e. The monoisotopic (exact) mass is 305 g/mol. The molecular weight excluding hydrogens is 289 g/mol. The fourth-order valence-corrected chi connectivity index (χ4v) is 2.21. The molecule has 0 unspecified atom stereocenters. The van der Waals surface area contributed by atoms with Crippen molar-refractivity contribution >= 4 is 17.2 Å². The van der Waals surface area contributed by atoms with Crippen molar-refractivity contribution in [2.24, 2.45) is 0 Å². The van der Waals surface area contributed by atoms with Crippen LogP contribution in [0.15, 0.2) is 30.3 Å². The summed E-state index contributed by atoms with van der Waals surface area (Å²) in [6, 6.07) is 7.96. The van der Waals surface area contributed by atoms with Crippen LogP contribution in [0.1, 0.15) is 25.1 Å². The lowest BCUT2D eigenvalue weighted by Gasteiger charge is -2.05. The topological polar surface area (TPSA) is 30.2 Å². The Morgan fingerprint density at radius 3 is 2.33 bits per heavy atom. The molecule has 0 N–H and O–H groups in total. The smallest absolute Gasteiger partial charge is 0.160 e. The Morgan fingerprint density at radius 1 is 1.10 bits per heavy atom. The van der Waals surface area contributed by atoms with E-state index in [1.54, 1.807) is 22.7 Å². The van der Waals surface area contributed by atoms with Gasteiger partial charge in [0.1, 0.15) is 11.0 Å². The first-order valence-corrected chi connectivity index (χ1v) is 7.22. The Labute approximate surface area is 128 Å². The minimum atomic E-state index is -0.270. The van der Waals surface area contributed by atoms with Crippen LogP contribution in [0.4, 0.5) is 4.39 Å². The van der Waals surface area contributed by atoms with Gasteiger partial charge >= 0.3 is 0 Å². The van der Waals surface area contributed by atoms with Gasteiger partial charge in [0.15, 0.2) is 5.65 Å². The molecule has 0 spiro atoms. The highest BCUT2D eigenvalue weighted by atomic mass is 35.5. The van der Waals surface area contributed by atoms with E-state index in [1.807, 2.05) is 27.7 Å². The third kappa shape index (κ3) is 2.90. The van der Waals surface area contributed by atoms with Crippen LogP contribution in [-0.2, 0) is 0 Å². The molecule has 21 heavy (non-hydrogen) atoms. The van der Waals surface area contributed by atoms with Crippen molar-refractivity contribution in [3.8, 4) is 11.3 Å². The average Bonchev–Trinajstić information content (AvgIpc) is 2.77. The van der Waals surface area contributed by atoms with Gasteiger partial charge in [0.25, 0.3) is 0 Å². The maximum atomic E-state index is 13.0. The van der Waals surface area contributed by atoms with Gasteiger partial charge in [0.2, 0.25) is 0 Å². The lowest BCUT2D eigenvalue weighted by Crippen LogP contribution is -1.97. The quantitative estimate of drug-likeness (QED) is 0.603. The van der Waals surface area contributed by atoms with E-state index in [4.69, 9.17) is 11.6 Å². The predicted octanol–water partition coefficient (Wildman–Crippen LogP) is 4.83. The normalized spacial score (nSPS) is 10.4. The maximum absolute atomic E-state index is 13.0. The fraction of sp³-hybridized carbons (Fsp3) is 0.250. The van der Waals surface area contributed by atoms with E-state index >= 15 is 0 Å². The second kappa shape index (κ2) is 6.22. The lowest BCUT2D eigenvalue weighted by atomic mass is 10.1. The fourth-order valence-electron chi connectivity index (χ4n) is 2.03. The Kier molecular flexibility index (Phi) is 4.58. The number of rotatable bonds is 1. The highest BCUT2D eigenvalue weighted by Crippen LogP contribution is 2.25. The van der Waals surface area contributed by atoms with Crippen molar-refractivity contribution in [1.82, 2.24) is 14.6 Å². The Morgan fingerprint density at radius 2 is 1.71 bits per heavy atom. The van der Waals surface area contributed by atoms with Crippen LogP contribution < -0.4 is 0 Å². The first-order chi connectivity index (χ1) is 10.1. The Hall–Kier alpha value is -1.94. The molecule has 0 fully saturated rings. The highest BCUT2D eigenvalue weighted by molar-refractivity contribution is 6.29. The number of benzene rings is 1. The van der Waals surface area contributed by atoms with Crippen LogP contribution in [0.2, 0.25) is 5.15 Å². The van der Waals surface area contributed by atoms with E-state index < -0.39 is 0 Å². The van der Waals surface area contributed by atoms with E-state index in [-0.39, 0.29) is 5.82 Å². The molecular formula is C16H17ClFN3. The third-order valence-corrected chi connectivity index (χ3v) is 3.36. The SMILES string of the molecule is CC.Cc1nn2c(-c3ccc(F)cc3)cc(Cl)nc2c1C. The summed E-state index contributed by atoms with van der Waals surface area (Å²) in [5, 5.41) is 4.85. The van der Waals surface area contributed by atoms with Crippen molar-refractivity contribution in [1.29, 1.82) is 0 Å². The van der Waals surface area contributed by atoms with Gasteiger partial charge in [-0.3, -0.25) is 0 Å². The van der Waals surface area contributed by atoms with E-state index in [0.29, 0.717) is 5.15 Å². The molecule has 0 aliphatic heterocycles. The van der Waals surface area contributed by atoms with Gasteiger partial charge in [-0.25, -0.2) is 13.9 Å². The first-order valence-electron chi connectivity index (χ1n) is 6.84. The van der Waals surface area contributed by atoms with Crippen LogP contribution in [0, 0.1) is 19.7 Å². The zero-order chi connectivity index (χ0) is 15.6. The molecule has 110 valence electrons. The summed E-state index contributed by atoms with van der Waals surface area (Å²) in [4.78, 5) is 4.29. The standard InChI is InChI=1S/C14H11ClFN3.C2H6/c1-8-9(2)18-19-12(7-13(15)17-14(8)19)10-3-5-11(16)6-4-10;1-2/h3-7H,1-2H3;1-2H3. The van der Waals surface area contributed by atoms with Gasteiger partial charge in [-0.2, -0.15) is 5.10 Å². The van der Waals surface area contributed by atoms with Gasteiger partial charge in [-0.1, -0.05) is 25.4 Å². The molecule has 0 amide bonds. The molecule has 0 bridgehead atoms. The Balaban J connectivity index is 0.000000774. The van der Waals surface area contributed by atoms with Crippen molar-refractivity contribution in [2.75, 3.05) is 0 Å². The van der Waals surface area contributed by atoms with Crippen LogP contribution in [-0.4, -0.2) is 14.6 Å². The van der Waals surface area contributed by atoms with Crippen LogP contribution >= 0.6 is 11.6 Å². The van der Waals surface area contributed by atoms with Crippen LogP contribution in [0.3, 0.4) is 0 Å². The first kappa shape index (κ1) is 15.4. The van der Waals surface area contributed by atoms with Crippen molar-refractivity contribution in [3.05, 3.63) is 52.6 Å². The second-order valence-corrected chi connectivity index (χ2v) is 4.80. The second-order valence-electron chi connectivity index (χ2n) is 4.42. The van der Waals surface area contributed by atoms with E-state index in [2.05, 4.69) is 10.1 Å². The van der Waals surface area contributed by atoms with Crippen LogP contribution in [0.5, 0.6) is 0 Å². The van der Waals surface area contributed by atoms with Gasteiger partial charge < -0.3 is 0 Å². The number of nitrogens with zero attached hydrogens (tertiary/aromatic N) is 3. The molecule has 2 heterocycles. The van der Waals surface area contributed by atoms with Crippen molar-refractivity contribution < 1.29 is 4.39 Å². The molecule has 0 aliphatic rings. The number of hydrogen-bond acceptors (Lipinski definition) is 2. The molecule has 5 heteroatoms. The van der Waals surface area contributed by atoms with E-state index in [1.165, 1.54) is 12.1 Å². The molecule has 3 nitrogen and oxygen atoms in total. The highest BCUT2D eigenvalue weighted by Gasteiger charge is 2.12. The molecule has 0 radical (unpaired) electrons. The molecule has 2 aromatic heterocycles. The molecule has 3 aromatic rings. The third-order valence-electron chi connectivity index (χ3n) is 3.17. The summed E-state index contributed by atoms with van der Waals surface area (Å²) >= 11 is 6.06. The number of halogens is 2. The van der Waals surface area contributed by atoms with E-state index in [0.717, 1.165) is 28.2 Å². The maximum Gasteiger partial charge on any atom is 0.160 e. The average molecular weight is 306 g/mol. The minimum absolute atomic E-state index is 0.270. The summed E-state index contributed by atoms with van der Waals surface area (Å²) < 4.78 is 14.7. The predicted molar refractivity (Wildman–Crippen MR) is 84.2 cm³/mol. The molecule has 1 aromatic carbocycles. The Bertz CT molecular complexity index is 763. The number of hydrogen-bond donors (Lipinski definition) is 0. The van der Waals surface area contributed by atoms with Gasteiger partial charge in [-0.15, -0.1) is 0 Å². The number of aryl methyl sites for hydroxylation is 2. The van der Waals surface area contributed by atoms with Gasteiger partial charge in [-0.05, 0) is 38.1 Å². The van der Waals surface area contributed by atoms with E-state index in [9.17, 15) is 4.39 Å². The number of fused-ring (bicyclic) bond motifs is 1. The molecule has 0 saturated heterocycles. The van der Waals surface area contributed by atoms with Crippen LogP contribution in [0.25, 0.3) is 16.9 Å². The van der Waals surface area contributed by atoms with Gasteiger partial charge in [0, 0.05) is 17.2 Å². The molecule has 0 atom stereocenters. The summed E-state index contributed by atoms with van der Waals surface area (Å²) in [5.74, 6) is -0.270. The summed E-state index contributed by atoms with van der Waals surface area (Å²) in [5.41, 5.74) is 4.26. The summed E-state index contributed by atoms with van der Waals surface area (Å²) in [6.45, 7) is 7.88.